The Kier molecular flexibility index (Phi) is 19.9. The Morgan fingerprint density at radius 1 is 2.00 bits per heavy atom. The normalized spacial score (nSPS) is 4.50. The van der Waals surface area contributed by atoms with E-state index in [1.54, 1.807) is 0 Å². The van der Waals surface area contributed by atoms with Gasteiger partial charge in [-0.2, -0.15) is 0 Å². The largest absolute Gasteiger partial charge is 1.00 e. The SMILES string of the molecule is CCCl.[H-].[Na+]. The molecule has 0 bridgehead atoms. The second-order valence-electron chi connectivity index (χ2n) is 0.267. The Morgan fingerprint density at radius 2 is 2.00 bits per heavy atom. The van der Waals surface area contributed by atoms with Gasteiger partial charge < -0.3 is 1.43 Å². The van der Waals surface area contributed by atoms with Crippen molar-refractivity contribution in [1.82, 2.24) is 0 Å². The van der Waals surface area contributed by atoms with Gasteiger partial charge in [0, 0.05) is 5.88 Å². The molecule has 0 amide bonds. The molecule has 0 spiro atoms. The van der Waals surface area contributed by atoms with E-state index in [4.69, 9.17) is 11.6 Å². The Hall–Kier alpha value is 1.29. The molecular weight excluding hydrogens is 82.5 g/mol. The summed E-state index contributed by atoms with van der Waals surface area (Å²) in [6.07, 6.45) is 0. The summed E-state index contributed by atoms with van der Waals surface area (Å²) in [4.78, 5) is 0. The molecule has 2 heteroatoms. The average Bonchev–Trinajstić information content (AvgIpc) is 0.918. The van der Waals surface area contributed by atoms with Crippen LogP contribution < -0.4 is 29.6 Å². The number of hydrogen-bond acceptors (Lipinski definition) is 0. The molecule has 0 rings (SSSR count). The van der Waals surface area contributed by atoms with Crippen LogP contribution in [0.4, 0.5) is 0 Å². The van der Waals surface area contributed by atoms with Crippen molar-refractivity contribution in [2.24, 2.45) is 0 Å². The van der Waals surface area contributed by atoms with Crippen LogP contribution in [0.15, 0.2) is 0 Å². The van der Waals surface area contributed by atoms with Crippen LogP contribution in [0.3, 0.4) is 0 Å². The fraction of sp³-hybridized carbons (Fsp3) is 1.00. The minimum Gasteiger partial charge on any atom is -1.00 e. The Balaban J connectivity index is -0.0000000200. The van der Waals surface area contributed by atoms with E-state index < -0.39 is 0 Å². The molecular formula is C2H6ClNa. The van der Waals surface area contributed by atoms with Crippen LogP contribution in [0.1, 0.15) is 8.35 Å². The van der Waals surface area contributed by atoms with Gasteiger partial charge in [-0.1, -0.05) is 6.92 Å². The van der Waals surface area contributed by atoms with E-state index in [-0.39, 0.29) is 31.0 Å². The van der Waals surface area contributed by atoms with Crippen LogP contribution in [-0.2, 0) is 0 Å². The molecule has 0 aliphatic carbocycles. The zero-order valence-electron chi connectivity index (χ0n) is 4.09. The monoisotopic (exact) mass is 88.0 g/mol. The van der Waals surface area contributed by atoms with Gasteiger partial charge in [-0.3, -0.25) is 0 Å². The van der Waals surface area contributed by atoms with Crippen molar-refractivity contribution in [3.05, 3.63) is 0 Å². The van der Waals surface area contributed by atoms with Gasteiger partial charge in [0.05, 0.1) is 0 Å². The minimum absolute atomic E-state index is 0. The molecule has 22 valence electrons. The summed E-state index contributed by atoms with van der Waals surface area (Å²) in [7, 11) is 0. The average molecular weight is 88.5 g/mol. The minimum atomic E-state index is 0. The van der Waals surface area contributed by atoms with Gasteiger partial charge in [-0.15, -0.1) is 11.6 Å². The van der Waals surface area contributed by atoms with E-state index in [2.05, 4.69) is 0 Å². The first-order chi connectivity index (χ1) is 1.41. The summed E-state index contributed by atoms with van der Waals surface area (Å²) in [5, 5.41) is 0. The summed E-state index contributed by atoms with van der Waals surface area (Å²) in [6.45, 7) is 1.89. The summed E-state index contributed by atoms with van der Waals surface area (Å²) in [6, 6.07) is 0. The summed E-state index contributed by atoms with van der Waals surface area (Å²) >= 11 is 5.00. The molecule has 0 unspecified atom stereocenters. The van der Waals surface area contributed by atoms with E-state index in [1.165, 1.54) is 0 Å². The maximum Gasteiger partial charge on any atom is 1.00 e. The first-order valence-electron chi connectivity index (χ1n) is 0.974. The van der Waals surface area contributed by atoms with E-state index >= 15 is 0 Å². The van der Waals surface area contributed by atoms with Crippen molar-refractivity contribution in [2.75, 3.05) is 5.88 Å². The first kappa shape index (κ1) is 8.99. The second-order valence-corrected chi connectivity index (χ2v) is 0.802. The van der Waals surface area contributed by atoms with Crippen LogP contribution >= 0.6 is 11.6 Å². The summed E-state index contributed by atoms with van der Waals surface area (Å²) in [5.41, 5.74) is 0. The van der Waals surface area contributed by atoms with Gasteiger partial charge in [0.2, 0.25) is 0 Å². The fourth-order valence-corrected chi connectivity index (χ4v) is 0. The zero-order valence-corrected chi connectivity index (χ0v) is 5.84. The van der Waals surface area contributed by atoms with Crippen LogP contribution in [0.5, 0.6) is 0 Å². The second kappa shape index (κ2) is 8.85. The van der Waals surface area contributed by atoms with Crippen LogP contribution in [0.25, 0.3) is 0 Å². The number of halogens is 1. The molecule has 0 saturated carbocycles. The molecule has 0 fully saturated rings. The molecule has 0 radical (unpaired) electrons. The fourth-order valence-electron chi connectivity index (χ4n) is 0. The number of hydrogen-bond donors (Lipinski definition) is 0. The number of alkyl halides is 1. The molecule has 0 aromatic heterocycles. The van der Waals surface area contributed by atoms with Crippen molar-refractivity contribution in [3.63, 3.8) is 0 Å². The molecule has 0 N–H and O–H groups in total. The molecule has 4 heavy (non-hydrogen) atoms. The van der Waals surface area contributed by atoms with Crippen molar-refractivity contribution in [2.45, 2.75) is 6.92 Å². The van der Waals surface area contributed by atoms with Crippen molar-refractivity contribution >= 4 is 11.6 Å². The van der Waals surface area contributed by atoms with Crippen LogP contribution in [0, 0.1) is 0 Å². The molecule has 0 atom stereocenters. The van der Waals surface area contributed by atoms with E-state index in [0.717, 1.165) is 5.88 Å². The molecule has 0 aliphatic rings. The van der Waals surface area contributed by atoms with Gasteiger partial charge in [0.15, 0.2) is 0 Å². The van der Waals surface area contributed by atoms with Crippen molar-refractivity contribution < 1.29 is 31.0 Å². The zero-order chi connectivity index (χ0) is 2.71. The molecule has 0 heterocycles. The van der Waals surface area contributed by atoms with E-state index in [1.807, 2.05) is 6.92 Å². The standard InChI is InChI=1S/C2H5Cl.Na.H/c1-2-3;;/h2H2,1H3;;/q;+1;-1. The molecule has 0 aromatic carbocycles. The quantitative estimate of drug-likeness (QED) is 0.246. The van der Waals surface area contributed by atoms with Crippen LogP contribution in [-0.4, -0.2) is 5.88 Å². The molecule has 0 aromatic rings. The Morgan fingerprint density at radius 3 is 2.00 bits per heavy atom. The molecule has 0 nitrogen and oxygen atoms in total. The third kappa shape index (κ3) is 10.4. The van der Waals surface area contributed by atoms with Gasteiger partial charge >= 0.3 is 29.6 Å². The summed E-state index contributed by atoms with van der Waals surface area (Å²) in [5.74, 6) is 0.722. The molecule has 0 aliphatic heterocycles. The van der Waals surface area contributed by atoms with Gasteiger partial charge in [0.1, 0.15) is 0 Å². The Labute approximate surface area is 55.3 Å². The van der Waals surface area contributed by atoms with Crippen molar-refractivity contribution in [3.8, 4) is 0 Å². The van der Waals surface area contributed by atoms with Gasteiger partial charge in [-0.25, -0.2) is 0 Å². The topological polar surface area (TPSA) is 0 Å². The smallest absolute Gasteiger partial charge is 1.00 e. The first-order valence-corrected chi connectivity index (χ1v) is 1.51. The summed E-state index contributed by atoms with van der Waals surface area (Å²) < 4.78 is 0. The number of rotatable bonds is 0. The maximum absolute atomic E-state index is 5.00. The van der Waals surface area contributed by atoms with Crippen LogP contribution in [0.2, 0.25) is 0 Å². The predicted octanol–water partition coefficient (Wildman–Crippen LogP) is -1.64. The maximum atomic E-state index is 5.00. The third-order valence-corrected chi connectivity index (χ3v) is 0. The van der Waals surface area contributed by atoms with Crippen molar-refractivity contribution in [1.29, 1.82) is 0 Å². The predicted molar refractivity (Wildman–Crippen MR) is 17.5 cm³/mol. The molecule has 0 saturated heterocycles. The van der Waals surface area contributed by atoms with Gasteiger partial charge in [-0.05, 0) is 0 Å². The van der Waals surface area contributed by atoms with E-state index in [0.29, 0.717) is 0 Å². The van der Waals surface area contributed by atoms with E-state index in [9.17, 15) is 0 Å². The third-order valence-electron chi connectivity index (χ3n) is 0. The Bertz CT molecular complexity index is 9.61. The van der Waals surface area contributed by atoms with Gasteiger partial charge in [0.25, 0.3) is 0 Å².